The summed E-state index contributed by atoms with van der Waals surface area (Å²) < 4.78 is 0. The van der Waals surface area contributed by atoms with E-state index in [0.29, 0.717) is 22.5 Å². The maximum absolute atomic E-state index is 13.2. The normalized spacial score (nSPS) is 20.4. The minimum Gasteiger partial charge on any atom is -0.333 e. The lowest BCUT2D eigenvalue weighted by molar-refractivity contribution is -0.119. The lowest BCUT2D eigenvalue weighted by Crippen LogP contribution is -2.49. The minimum atomic E-state index is -0.906. The van der Waals surface area contributed by atoms with E-state index in [2.05, 4.69) is 22.5 Å². The average Bonchev–Trinajstić information content (AvgIpc) is 2.85. The van der Waals surface area contributed by atoms with E-state index < -0.39 is 6.17 Å². The molecule has 2 heterocycles. The van der Waals surface area contributed by atoms with Crippen molar-refractivity contribution in [1.29, 1.82) is 0 Å². The first-order valence-corrected chi connectivity index (χ1v) is 10.7. The SMILES string of the molecule is CC1C=C(NC(=S)NC2N=C(c3ccccc3)c3cc(Cl)ccc3N(C)C2=O)N=CC1. The second kappa shape index (κ2) is 8.99. The van der Waals surface area contributed by atoms with Gasteiger partial charge in [0.15, 0.2) is 5.11 Å². The molecule has 2 aromatic carbocycles. The Balaban J connectivity index is 1.69. The number of rotatable bonds is 3. The minimum absolute atomic E-state index is 0.229. The first-order chi connectivity index (χ1) is 14.9. The van der Waals surface area contributed by atoms with E-state index in [1.807, 2.05) is 54.8 Å². The molecule has 4 rings (SSSR count). The van der Waals surface area contributed by atoms with Gasteiger partial charge >= 0.3 is 0 Å². The number of thiocarbonyl (C=S) groups is 1. The molecular weight excluding hydrogens is 430 g/mol. The molecule has 0 spiro atoms. The number of benzene rings is 2. The lowest BCUT2D eigenvalue weighted by Gasteiger charge is -2.22. The van der Waals surface area contributed by atoms with Crippen LogP contribution in [0.3, 0.4) is 0 Å². The van der Waals surface area contributed by atoms with Gasteiger partial charge in [-0.05, 0) is 48.8 Å². The lowest BCUT2D eigenvalue weighted by atomic mass is 10.0. The second-order valence-electron chi connectivity index (χ2n) is 7.48. The first kappa shape index (κ1) is 21.2. The van der Waals surface area contributed by atoms with E-state index in [1.54, 1.807) is 18.0 Å². The molecule has 2 aliphatic heterocycles. The molecule has 2 aliphatic rings. The molecule has 0 saturated carbocycles. The van der Waals surface area contributed by atoms with Crippen LogP contribution in [0.4, 0.5) is 5.69 Å². The van der Waals surface area contributed by atoms with Crippen molar-refractivity contribution < 1.29 is 4.79 Å². The fraction of sp³-hybridized carbons (Fsp3) is 0.217. The molecule has 0 bridgehead atoms. The van der Waals surface area contributed by atoms with E-state index in [4.69, 9.17) is 28.8 Å². The van der Waals surface area contributed by atoms with Crippen molar-refractivity contribution in [2.75, 3.05) is 11.9 Å². The predicted molar refractivity (Wildman–Crippen MR) is 130 cm³/mol. The Bertz CT molecular complexity index is 1110. The Morgan fingerprint density at radius 1 is 1.23 bits per heavy atom. The van der Waals surface area contributed by atoms with Gasteiger partial charge in [0.25, 0.3) is 5.91 Å². The van der Waals surface area contributed by atoms with Crippen molar-refractivity contribution in [3.05, 3.63) is 76.6 Å². The summed E-state index contributed by atoms with van der Waals surface area (Å²) in [5.41, 5.74) is 3.06. The second-order valence-corrected chi connectivity index (χ2v) is 8.32. The molecule has 0 radical (unpaired) electrons. The van der Waals surface area contributed by atoms with Crippen LogP contribution in [0.1, 0.15) is 24.5 Å². The number of nitrogens with zero attached hydrogens (tertiary/aromatic N) is 3. The maximum atomic E-state index is 13.2. The quantitative estimate of drug-likeness (QED) is 0.694. The van der Waals surface area contributed by atoms with Crippen LogP contribution >= 0.6 is 23.8 Å². The summed E-state index contributed by atoms with van der Waals surface area (Å²) in [6, 6.07) is 15.1. The third kappa shape index (κ3) is 4.68. The van der Waals surface area contributed by atoms with E-state index in [1.165, 1.54) is 0 Å². The van der Waals surface area contributed by atoms with Crippen molar-refractivity contribution in [2.45, 2.75) is 19.5 Å². The number of carbonyl (C=O) groups is 1. The Hall–Kier alpha value is -3.03. The molecule has 2 N–H and O–H groups in total. The molecule has 0 saturated heterocycles. The number of nitrogens with one attached hydrogen (secondary N) is 2. The van der Waals surface area contributed by atoms with Crippen LogP contribution in [0, 0.1) is 5.92 Å². The first-order valence-electron chi connectivity index (χ1n) is 9.95. The van der Waals surface area contributed by atoms with Crippen LogP contribution in [0.25, 0.3) is 0 Å². The van der Waals surface area contributed by atoms with E-state index in [0.717, 1.165) is 23.2 Å². The van der Waals surface area contributed by atoms with Crippen molar-refractivity contribution in [2.24, 2.45) is 15.9 Å². The highest BCUT2D eigenvalue weighted by Crippen LogP contribution is 2.29. The average molecular weight is 452 g/mol. The van der Waals surface area contributed by atoms with Crippen LogP contribution in [-0.2, 0) is 4.79 Å². The highest BCUT2D eigenvalue weighted by molar-refractivity contribution is 7.80. The van der Waals surface area contributed by atoms with Gasteiger partial charge in [0.1, 0.15) is 5.82 Å². The largest absolute Gasteiger partial charge is 0.333 e. The molecule has 2 unspecified atom stereocenters. The monoisotopic (exact) mass is 451 g/mol. The van der Waals surface area contributed by atoms with Gasteiger partial charge in [-0.2, -0.15) is 0 Å². The van der Waals surface area contributed by atoms with Crippen molar-refractivity contribution >= 4 is 52.5 Å². The van der Waals surface area contributed by atoms with Gasteiger partial charge in [-0.25, -0.2) is 9.98 Å². The smallest absolute Gasteiger partial charge is 0.272 e. The fourth-order valence-electron chi connectivity index (χ4n) is 3.51. The molecule has 6 nitrogen and oxygen atoms in total. The molecule has 0 fully saturated rings. The number of benzodiazepines with no additional fused rings is 1. The Morgan fingerprint density at radius 3 is 2.74 bits per heavy atom. The topological polar surface area (TPSA) is 69.1 Å². The van der Waals surface area contributed by atoms with Crippen molar-refractivity contribution in [1.82, 2.24) is 10.6 Å². The molecular formula is C23H22ClN5OS. The highest BCUT2D eigenvalue weighted by Gasteiger charge is 2.30. The number of allylic oxidation sites excluding steroid dienone is 1. The number of hydrogen-bond donors (Lipinski definition) is 2. The molecule has 31 heavy (non-hydrogen) atoms. The number of hydrogen-bond acceptors (Lipinski definition) is 4. The number of aliphatic imine (C=N–C) groups is 2. The van der Waals surface area contributed by atoms with Gasteiger partial charge in [-0.3, -0.25) is 4.79 Å². The maximum Gasteiger partial charge on any atom is 0.272 e. The Morgan fingerprint density at radius 2 is 2.00 bits per heavy atom. The van der Waals surface area contributed by atoms with Gasteiger partial charge in [-0.15, -0.1) is 0 Å². The summed E-state index contributed by atoms with van der Waals surface area (Å²) >= 11 is 11.7. The van der Waals surface area contributed by atoms with Gasteiger partial charge in [0.2, 0.25) is 6.17 Å². The molecule has 0 aromatic heterocycles. The fourth-order valence-corrected chi connectivity index (χ4v) is 3.90. The van der Waals surface area contributed by atoms with E-state index in [-0.39, 0.29) is 11.0 Å². The Labute approximate surface area is 191 Å². The summed E-state index contributed by atoms with van der Waals surface area (Å²) in [6.45, 7) is 2.10. The van der Waals surface area contributed by atoms with Crippen LogP contribution in [0.5, 0.6) is 0 Å². The molecule has 158 valence electrons. The molecule has 8 heteroatoms. The summed E-state index contributed by atoms with van der Waals surface area (Å²) in [6.07, 6.45) is 3.85. The van der Waals surface area contributed by atoms with Gasteiger partial charge in [-0.1, -0.05) is 48.9 Å². The van der Waals surface area contributed by atoms with Crippen LogP contribution < -0.4 is 15.5 Å². The van der Waals surface area contributed by atoms with Crippen molar-refractivity contribution in [3.8, 4) is 0 Å². The highest BCUT2D eigenvalue weighted by atomic mass is 35.5. The Kier molecular flexibility index (Phi) is 6.15. The number of likely N-dealkylation sites (N-methyl/N-ethyl adjacent to an activating group) is 1. The standard InChI is InChI=1S/C23H22ClN5OS/c1-14-10-11-25-19(12-14)26-23(31)28-21-22(30)29(2)18-9-8-16(24)13-17(18)20(27-21)15-6-4-3-5-7-15/h3-9,11-14,21H,10H2,1-2H3,(H2,26,28,31). The van der Waals surface area contributed by atoms with Gasteiger partial charge in [0.05, 0.1) is 11.4 Å². The summed E-state index contributed by atoms with van der Waals surface area (Å²) in [5, 5.41) is 6.96. The van der Waals surface area contributed by atoms with Crippen LogP contribution in [-0.4, -0.2) is 36.2 Å². The zero-order valence-electron chi connectivity index (χ0n) is 17.2. The van der Waals surface area contributed by atoms with Gasteiger partial charge in [0, 0.05) is 29.4 Å². The number of carbonyl (C=O) groups excluding carboxylic acids is 1. The van der Waals surface area contributed by atoms with Crippen LogP contribution in [0.2, 0.25) is 5.02 Å². The number of fused-ring (bicyclic) bond motifs is 1. The summed E-state index contributed by atoms with van der Waals surface area (Å²) in [7, 11) is 1.72. The van der Waals surface area contributed by atoms with Crippen molar-refractivity contribution in [3.63, 3.8) is 0 Å². The molecule has 2 atom stereocenters. The molecule has 2 aromatic rings. The number of anilines is 1. The van der Waals surface area contributed by atoms with E-state index >= 15 is 0 Å². The van der Waals surface area contributed by atoms with E-state index in [9.17, 15) is 4.79 Å². The third-order valence-corrected chi connectivity index (χ3v) is 5.56. The third-order valence-electron chi connectivity index (χ3n) is 5.10. The molecule has 0 aliphatic carbocycles. The molecule has 1 amide bonds. The summed E-state index contributed by atoms with van der Waals surface area (Å²) in [4.78, 5) is 23.9. The summed E-state index contributed by atoms with van der Waals surface area (Å²) in [5.74, 6) is 0.802. The predicted octanol–water partition coefficient (Wildman–Crippen LogP) is 3.90. The number of amides is 1. The van der Waals surface area contributed by atoms with Gasteiger partial charge < -0.3 is 15.5 Å². The van der Waals surface area contributed by atoms with Crippen LogP contribution in [0.15, 0.2) is 70.4 Å². The number of halogens is 1. The zero-order valence-corrected chi connectivity index (χ0v) is 18.7. The zero-order chi connectivity index (χ0) is 22.0.